The summed E-state index contributed by atoms with van der Waals surface area (Å²) >= 11 is 0. The molecule has 200 valence electrons. The van der Waals surface area contributed by atoms with Crippen molar-refractivity contribution in [3.63, 3.8) is 0 Å². The van der Waals surface area contributed by atoms with E-state index in [2.05, 4.69) is 162 Å². The molecule has 0 amide bonds. The van der Waals surface area contributed by atoms with Crippen LogP contribution >= 0.6 is 0 Å². The molecular formula is C40H30N2. The molecule has 0 fully saturated rings. The Kier molecular flexibility index (Phi) is 6.50. The van der Waals surface area contributed by atoms with Crippen molar-refractivity contribution in [1.82, 2.24) is 9.13 Å². The lowest BCUT2D eigenvalue weighted by Gasteiger charge is -2.08. The molecule has 0 spiro atoms. The number of nitrogens with zero attached hydrogens (tertiary/aromatic N) is 2. The maximum atomic E-state index is 3.88. The summed E-state index contributed by atoms with van der Waals surface area (Å²) in [6, 6.07) is 51.2. The molecule has 0 bridgehead atoms. The monoisotopic (exact) mass is 538 g/mol. The minimum absolute atomic E-state index is 1.14. The first kappa shape index (κ1) is 25.4. The van der Waals surface area contributed by atoms with E-state index in [-0.39, 0.29) is 0 Å². The summed E-state index contributed by atoms with van der Waals surface area (Å²) in [4.78, 5) is 0. The van der Waals surface area contributed by atoms with E-state index in [1.54, 1.807) is 0 Å². The van der Waals surface area contributed by atoms with Gasteiger partial charge in [-0.15, -0.1) is 0 Å². The fourth-order valence-corrected chi connectivity index (χ4v) is 5.93. The largest absolute Gasteiger partial charge is 0.309 e. The van der Waals surface area contributed by atoms with Gasteiger partial charge in [-0.05, 0) is 59.7 Å². The highest BCUT2D eigenvalue weighted by atomic mass is 15.0. The molecule has 0 unspecified atom stereocenters. The van der Waals surface area contributed by atoms with Crippen LogP contribution in [-0.2, 0) is 0 Å². The molecule has 8 aromatic rings. The molecule has 0 aliphatic heterocycles. The van der Waals surface area contributed by atoms with E-state index >= 15 is 0 Å². The van der Waals surface area contributed by atoms with Crippen LogP contribution in [0, 0.1) is 0 Å². The van der Waals surface area contributed by atoms with Gasteiger partial charge in [0.25, 0.3) is 0 Å². The second kappa shape index (κ2) is 10.8. The smallest absolute Gasteiger partial charge is 0.0547 e. The van der Waals surface area contributed by atoms with Gasteiger partial charge >= 0.3 is 0 Å². The molecule has 0 saturated carbocycles. The average Bonchev–Trinajstić information content (AvgIpc) is 3.58. The van der Waals surface area contributed by atoms with Gasteiger partial charge in [-0.3, -0.25) is 0 Å². The molecule has 42 heavy (non-hydrogen) atoms. The number of hydrogen-bond acceptors (Lipinski definition) is 0. The summed E-state index contributed by atoms with van der Waals surface area (Å²) in [5.74, 6) is 0. The summed E-state index contributed by atoms with van der Waals surface area (Å²) < 4.78 is 4.63. The normalized spacial score (nSPS) is 11.0. The molecule has 8 rings (SSSR count). The molecule has 2 nitrogen and oxygen atoms in total. The van der Waals surface area contributed by atoms with Crippen LogP contribution in [0.15, 0.2) is 159 Å². The molecule has 0 radical (unpaired) electrons. The van der Waals surface area contributed by atoms with Crippen molar-refractivity contribution in [2.45, 2.75) is 0 Å². The molecule has 0 N–H and O–H groups in total. The van der Waals surface area contributed by atoms with Gasteiger partial charge in [0.05, 0.1) is 22.1 Å². The Hall–Kier alpha value is -5.60. The number of rotatable bonds is 4. The van der Waals surface area contributed by atoms with E-state index in [0.717, 1.165) is 11.1 Å². The fourth-order valence-electron chi connectivity index (χ4n) is 5.93. The van der Waals surface area contributed by atoms with E-state index in [1.807, 2.05) is 18.2 Å². The Morgan fingerprint density at radius 3 is 1.29 bits per heavy atom. The maximum Gasteiger partial charge on any atom is 0.0547 e. The van der Waals surface area contributed by atoms with Gasteiger partial charge < -0.3 is 9.13 Å². The van der Waals surface area contributed by atoms with Crippen LogP contribution in [0.3, 0.4) is 0 Å². The van der Waals surface area contributed by atoms with Crippen molar-refractivity contribution in [2.24, 2.45) is 0 Å². The second-order valence-electron chi connectivity index (χ2n) is 10.3. The predicted molar refractivity (Wildman–Crippen MR) is 182 cm³/mol. The number of benzene rings is 6. The van der Waals surface area contributed by atoms with Crippen molar-refractivity contribution in [1.29, 1.82) is 0 Å². The highest BCUT2D eigenvalue weighted by molar-refractivity contribution is 6.10. The minimum Gasteiger partial charge on any atom is -0.309 e. The lowest BCUT2D eigenvalue weighted by atomic mass is 10.1. The summed E-state index contributed by atoms with van der Waals surface area (Å²) in [6.07, 6.45) is 3.77. The van der Waals surface area contributed by atoms with Crippen molar-refractivity contribution in [3.05, 3.63) is 170 Å². The van der Waals surface area contributed by atoms with Crippen molar-refractivity contribution in [2.75, 3.05) is 0 Å². The molecule has 2 heterocycles. The van der Waals surface area contributed by atoms with Crippen LogP contribution in [0.1, 0.15) is 11.1 Å². The van der Waals surface area contributed by atoms with Gasteiger partial charge in [0.1, 0.15) is 0 Å². The van der Waals surface area contributed by atoms with E-state index in [4.69, 9.17) is 0 Å². The van der Waals surface area contributed by atoms with Crippen molar-refractivity contribution >= 4 is 55.8 Å². The molecule has 2 aromatic heterocycles. The fraction of sp³-hybridized carbons (Fsp3) is 0. The third-order valence-corrected chi connectivity index (χ3v) is 7.91. The Morgan fingerprint density at radius 2 is 0.762 bits per heavy atom. The topological polar surface area (TPSA) is 9.86 Å². The summed E-state index contributed by atoms with van der Waals surface area (Å²) in [5.41, 5.74) is 9.58. The van der Waals surface area contributed by atoms with Gasteiger partial charge in [0.2, 0.25) is 0 Å². The molecule has 6 aromatic carbocycles. The number of para-hydroxylation sites is 4. The lowest BCUT2D eigenvalue weighted by molar-refractivity contribution is 1.18. The maximum absolute atomic E-state index is 3.88. The molecule has 0 atom stereocenters. The summed E-state index contributed by atoms with van der Waals surface area (Å²) in [5, 5.41) is 5.15. The summed E-state index contributed by atoms with van der Waals surface area (Å²) in [6.45, 7) is 7.70. The standard InChI is InChI=1S/2C20H15N/c1-2-15-11-13-16(14-12-15)21-19-9-5-3-7-17(19)18-8-4-6-10-20(18)21;1-2-15-12-13-18-17-10-6-7-11-19(17)21(20(18)14-15)16-8-4-3-5-9-16/h2*2-14H,1H2. The van der Waals surface area contributed by atoms with Crippen LogP contribution in [0.2, 0.25) is 0 Å². The van der Waals surface area contributed by atoms with Crippen LogP contribution < -0.4 is 0 Å². The first-order chi connectivity index (χ1) is 20.8. The van der Waals surface area contributed by atoms with Crippen molar-refractivity contribution < 1.29 is 0 Å². The Bertz CT molecular complexity index is 2160. The molecule has 0 saturated heterocycles. The predicted octanol–water partition coefficient (Wildman–Crippen LogP) is 10.9. The van der Waals surface area contributed by atoms with Gasteiger partial charge in [0.15, 0.2) is 0 Å². The van der Waals surface area contributed by atoms with Crippen LogP contribution in [0.5, 0.6) is 0 Å². The average molecular weight is 539 g/mol. The number of aromatic nitrogens is 2. The van der Waals surface area contributed by atoms with E-state index in [1.165, 1.54) is 55.0 Å². The van der Waals surface area contributed by atoms with Crippen molar-refractivity contribution in [3.8, 4) is 11.4 Å². The lowest BCUT2D eigenvalue weighted by Crippen LogP contribution is -1.93. The zero-order valence-corrected chi connectivity index (χ0v) is 23.3. The summed E-state index contributed by atoms with van der Waals surface area (Å²) in [7, 11) is 0. The molecule has 2 heteroatoms. The Labute approximate surface area is 245 Å². The highest BCUT2D eigenvalue weighted by Crippen LogP contribution is 2.33. The van der Waals surface area contributed by atoms with Crippen LogP contribution in [-0.4, -0.2) is 9.13 Å². The zero-order chi connectivity index (χ0) is 28.5. The third-order valence-electron chi connectivity index (χ3n) is 7.91. The Balaban J connectivity index is 0.000000137. The first-order valence-electron chi connectivity index (χ1n) is 14.2. The SMILES string of the molecule is C=Cc1ccc(-n2c3ccccc3c3ccccc32)cc1.C=Cc1ccc2c3ccccc3n(-c3ccccc3)c2c1. The van der Waals surface area contributed by atoms with Gasteiger partial charge in [-0.1, -0.05) is 122 Å². The van der Waals surface area contributed by atoms with E-state index < -0.39 is 0 Å². The molecule has 0 aliphatic carbocycles. The Morgan fingerprint density at radius 1 is 0.357 bits per heavy atom. The van der Waals surface area contributed by atoms with Gasteiger partial charge in [0, 0.05) is 32.9 Å². The van der Waals surface area contributed by atoms with Crippen LogP contribution in [0.25, 0.3) is 67.1 Å². The second-order valence-corrected chi connectivity index (χ2v) is 10.3. The van der Waals surface area contributed by atoms with E-state index in [9.17, 15) is 0 Å². The quantitative estimate of drug-likeness (QED) is 0.211. The number of hydrogen-bond donors (Lipinski definition) is 0. The third kappa shape index (κ3) is 4.31. The van der Waals surface area contributed by atoms with Gasteiger partial charge in [-0.2, -0.15) is 0 Å². The molecule has 0 aliphatic rings. The zero-order valence-electron chi connectivity index (χ0n) is 23.3. The number of fused-ring (bicyclic) bond motifs is 6. The van der Waals surface area contributed by atoms with Crippen LogP contribution in [0.4, 0.5) is 0 Å². The van der Waals surface area contributed by atoms with Gasteiger partial charge in [-0.25, -0.2) is 0 Å². The van der Waals surface area contributed by atoms with E-state index in [0.29, 0.717) is 0 Å². The minimum atomic E-state index is 1.14. The molecular weight excluding hydrogens is 508 g/mol. The first-order valence-corrected chi connectivity index (χ1v) is 14.2. The highest BCUT2D eigenvalue weighted by Gasteiger charge is 2.12.